The van der Waals surface area contributed by atoms with Crippen molar-refractivity contribution in [2.45, 2.75) is 50.9 Å². The Morgan fingerprint density at radius 1 is 1.10 bits per heavy atom. The largest absolute Gasteiger partial charge is 1.00 e. The Labute approximate surface area is 362 Å². The molecule has 8 atom stereocenters. The number of carbonyl (C=O) groups is 2. The van der Waals surface area contributed by atoms with E-state index in [9.17, 15) is 53.1 Å². The van der Waals surface area contributed by atoms with Crippen molar-refractivity contribution in [3.63, 3.8) is 0 Å². The smallest absolute Gasteiger partial charge is 0.756 e. The molecule has 2 aromatic rings. The van der Waals surface area contributed by atoms with Gasteiger partial charge in [0.2, 0.25) is 11.8 Å². The minimum Gasteiger partial charge on any atom is -0.756 e. The topological polar surface area (TPSA) is 355 Å². The number of amides is 2. The van der Waals surface area contributed by atoms with Crippen LogP contribution in [0.2, 0.25) is 0 Å². The molecule has 1 fully saturated rings. The van der Waals surface area contributed by atoms with Crippen LogP contribution in [0.3, 0.4) is 0 Å². The minimum absolute atomic E-state index is 0. The summed E-state index contributed by atoms with van der Waals surface area (Å²) in [7, 11) is -17.2. The van der Waals surface area contributed by atoms with Gasteiger partial charge < -0.3 is 64.5 Å². The average molecular weight is 833 g/mol. The van der Waals surface area contributed by atoms with E-state index < -0.39 is 78.6 Å². The van der Waals surface area contributed by atoms with Gasteiger partial charge in [0.25, 0.3) is 23.5 Å². The number of carbonyl (C=O) groups excluding carboxylic acids is 2. The van der Waals surface area contributed by atoms with E-state index in [-0.39, 0.29) is 125 Å². The zero-order chi connectivity index (χ0) is 36.1. The average Bonchev–Trinajstić information content (AvgIpc) is 3.54. The fourth-order valence-electron chi connectivity index (χ4n) is 4.12. The molecule has 7 N–H and O–H groups in total. The van der Waals surface area contributed by atoms with Crippen LogP contribution >= 0.6 is 36.1 Å². The summed E-state index contributed by atoms with van der Waals surface area (Å²) in [5, 5.41) is 26.0. The second kappa shape index (κ2) is 22.0. The molecule has 0 radical (unpaired) electrons. The summed E-state index contributed by atoms with van der Waals surface area (Å²) in [5.74, 6) is -1.03. The Hall–Kier alpha value is 0.890. The first-order chi connectivity index (χ1) is 22.2. The number of nitrogens with one attached hydrogen (secondary N) is 2. The van der Waals surface area contributed by atoms with Crippen LogP contribution in [-0.2, 0) is 45.9 Å². The van der Waals surface area contributed by atoms with Crippen molar-refractivity contribution in [1.82, 2.24) is 30.2 Å². The number of thiol groups is 1. The molecule has 0 spiro atoms. The summed E-state index contributed by atoms with van der Waals surface area (Å²) in [6.07, 6.45) is -7.21. The van der Waals surface area contributed by atoms with E-state index in [2.05, 4.69) is 56.1 Å². The van der Waals surface area contributed by atoms with Gasteiger partial charge in [0.1, 0.15) is 36.3 Å². The number of hydrogen-bond acceptors (Lipinski definition) is 20. The number of phosphoric acid groups is 3. The van der Waals surface area contributed by atoms with Gasteiger partial charge in [0.05, 0.1) is 19.5 Å². The number of nitrogens with zero attached hydrogens (tertiary/aromatic N) is 4. The van der Waals surface area contributed by atoms with E-state index >= 15 is 0 Å². The molecule has 3 rings (SSSR count). The predicted octanol–water partition coefficient (Wildman–Crippen LogP) is -12.5. The molecule has 1 aliphatic heterocycles. The summed E-state index contributed by atoms with van der Waals surface area (Å²) < 4.78 is 60.4. The third kappa shape index (κ3) is 15.7. The monoisotopic (exact) mass is 833 g/mol. The van der Waals surface area contributed by atoms with E-state index in [0.717, 1.165) is 17.2 Å². The fraction of sp³-hybridized carbons (Fsp3) is 0.667. The van der Waals surface area contributed by atoms with E-state index in [1.165, 1.54) is 13.8 Å². The standard InChI is InChI=1S/C21H36N7O16P3S.3Na/c1-21(2,16(31)19(32)24-4-3-12(29)23-5-6-48)8-41-47(38,39)44-46(36,37)40-7-11-15(43-45(33,34)35)14(30)20(42-11)28-10-27-13-17(22)25-9-26-18(13)28;;;/h9-11,14-16,20,30-31,48H,3-8H2,1-2H3,(H,23,29)(H,24,32)(H,36,37)(H,38,39)(H2,22,25,26)(H2,33,34,35);;;/q;3*+1/p-3. The molecule has 1 saturated heterocycles. The van der Waals surface area contributed by atoms with Gasteiger partial charge in [-0.3, -0.25) is 27.9 Å². The van der Waals surface area contributed by atoms with Crippen molar-refractivity contribution in [2.75, 3.05) is 37.8 Å². The van der Waals surface area contributed by atoms with E-state index in [4.69, 9.17) is 10.5 Å². The SMILES string of the molecule is CC(C)(COP(=O)([O-])OP(=O)([O-])OCC1OC(n2cnc3c(N)ncnc32)C(O)C1OP(=O)([O-])O)C(O)C(=O)NCCC(=O)NCCS.[Na+].[Na+].[Na+]. The molecule has 2 amide bonds. The van der Waals surface area contributed by atoms with Crippen molar-refractivity contribution >= 4 is 64.9 Å². The summed E-state index contributed by atoms with van der Waals surface area (Å²) >= 11 is 3.94. The number of nitrogens with two attached hydrogens (primary N) is 1. The van der Waals surface area contributed by atoms with Crippen molar-refractivity contribution in [3.05, 3.63) is 12.7 Å². The van der Waals surface area contributed by atoms with Gasteiger partial charge in [0.15, 0.2) is 17.7 Å². The van der Waals surface area contributed by atoms with Crippen LogP contribution in [-0.4, -0.2) is 103 Å². The number of aliphatic hydroxyl groups is 2. The molecule has 0 bridgehead atoms. The molecule has 2 aromatic heterocycles. The zero-order valence-electron chi connectivity index (χ0n) is 28.1. The first-order valence-electron chi connectivity index (χ1n) is 13.6. The molecule has 1 aliphatic rings. The summed E-state index contributed by atoms with van der Waals surface area (Å²) in [6, 6.07) is 0. The first kappa shape index (κ1) is 51.9. The van der Waals surface area contributed by atoms with Gasteiger partial charge in [-0.15, -0.1) is 0 Å². The van der Waals surface area contributed by atoms with Crippen LogP contribution in [0.1, 0.15) is 26.5 Å². The molecule has 0 aromatic carbocycles. The van der Waals surface area contributed by atoms with Gasteiger partial charge >= 0.3 is 88.7 Å². The third-order valence-electron chi connectivity index (χ3n) is 6.49. The number of aromatic nitrogens is 4. The van der Waals surface area contributed by atoms with Crippen molar-refractivity contribution in [3.8, 4) is 0 Å². The maximum atomic E-state index is 12.4. The van der Waals surface area contributed by atoms with Crippen LogP contribution in [0.5, 0.6) is 0 Å². The Bertz CT molecular complexity index is 1610. The molecule has 0 saturated carbocycles. The second-order valence-corrected chi connectivity index (χ2v) is 15.3. The van der Waals surface area contributed by atoms with Gasteiger partial charge in [-0.25, -0.2) is 19.3 Å². The Kier molecular flexibility index (Phi) is 22.4. The molecule has 272 valence electrons. The Morgan fingerprint density at radius 2 is 1.73 bits per heavy atom. The zero-order valence-corrected chi connectivity index (χ0v) is 37.7. The van der Waals surface area contributed by atoms with E-state index in [1.54, 1.807) is 0 Å². The van der Waals surface area contributed by atoms with Crippen molar-refractivity contribution in [1.29, 1.82) is 0 Å². The molecule has 3 heterocycles. The summed E-state index contributed by atoms with van der Waals surface area (Å²) in [4.78, 5) is 81.0. The van der Waals surface area contributed by atoms with Gasteiger partial charge in [-0.2, -0.15) is 12.6 Å². The quantitative estimate of drug-likeness (QED) is 0.0416. The Morgan fingerprint density at radius 3 is 2.33 bits per heavy atom. The molecule has 8 unspecified atom stereocenters. The number of rotatable bonds is 18. The fourth-order valence-corrected chi connectivity index (χ4v) is 6.97. The molecule has 0 aliphatic carbocycles. The van der Waals surface area contributed by atoms with Crippen LogP contribution in [0, 0.1) is 5.41 Å². The van der Waals surface area contributed by atoms with Crippen LogP contribution in [0.15, 0.2) is 12.7 Å². The molecule has 23 nitrogen and oxygen atoms in total. The number of imidazole rings is 1. The molecular weight excluding hydrogens is 800 g/mol. The van der Waals surface area contributed by atoms with Gasteiger partial charge in [-0.05, 0) is 0 Å². The van der Waals surface area contributed by atoms with E-state index in [1.807, 2.05) is 0 Å². The number of nitrogen functional groups attached to an aromatic ring is 1. The maximum absolute atomic E-state index is 12.4. The number of hydrogen-bond donors (Lipinski definition) is 7. The van der Waals surface area contributed by atoms with Crippen LogP contribution in [0.25, 0.3) is 11.2 Å². The number of fused-ring (bicyclic) bond motifs is 1. The minimum atomic E-state index is -5.87. The van der Waals surface area contributed by atoms with Crippen molar-refractivity contribution < 1.29 is 164 Å². The van der Waals surface area contributed by atoms with E-state index in [0.29, 0.717) is 12.3 Å². The number of phosphoric ester groups is 3. The number of aliphatic hydroxyl groups excluding tert-OH is 2. The molecule has 51 heavy (non-hydrogen) atoms. The third-order valence-corrected chi connectivity index (χ3v) is 9.74. The predicted molar refractivity (Wildman–Crippen MR) is 157 cm³/mol. The van der Waals surface area contributed by atoms with Crippen LogP contribution < -0.4 is 120 Å². The first-order valence-corrected chi connectivity index (χ1v) is 18.7. The molecular formula is C21H33N7Na3O16P3S. The number of anilines is 1. The summed E-state index contributed by atoms with van der Waals surface area (Å²) in [6.45, 7) is 0.374. The maximum Gasteiger partial charge on any atom is 1.00 e. The van der Waals surface area contributed by atoms with Gasteiger partial charge in [0, 0.05) is 30.7 Å². The normalized spacial score (nSPS) is 22.9. The second-order valence-electron chi connectivity index (χ2n) is 10.7. The summed E-state index contributed by atoms with van der Waals surface area (Å²) in [5.41, 5.74) is 4.15. The molecule has 30 heteroatoms. The number of ether oxygens (including phenoxy) is 1. The van der Waals surface area contributed by atoms with Crippen LogP contribution in [0.4, 0.5) is 5.82 Å². The Balaban J connectivity index is 0.00000833. The van der Waals surface area contributed by atoms with Gasteiger partial charge in [-0.1, -0.05) is 13.8 Å². The van der Waals surface area contributed by atoms with Crippen molar-refractivity contribution in [2.24, 2.45) is 5.41 Å².